The number of rotatable bonds is 8. The van der Waals surface area contributed by atoms with E-state index in [9.17, 15) is 4.79 Å². The minimum Gasteiger partial charge on any atom is -0.492 e. The Hall–Kier alpha value is -2.20. The van der Waals surface area contributed by atoms with Crippen molar-refractivity contribution < 1.29 is 14.3 Å². The molecule has 0 heterocycles. The van der Waals surface area contributed by atoms with Gasteiger partial charge in [-0.2, -0.15) is 0 Å². The summed E-state index contributed by atoms with van der Waals surface area (Å²) in [4.78, 5) is 12.3. The van der Waals surface area contributed by atoms with Crippen LogP contribution in [0.25, 0.3) is 0 Å². The highest BCUT2D eigenvalue weighted by molar-refractivity contribution is 6.31. The summed E-state index contributed by atoms with van der Waals surface area (Å²) >= 11 is 6.06. The van der Waals surface area contributed by atoms with Crippen LogP contribution < -0.4 is 14.8 Å². The Morgan fingerprint density at radius 2 is 1.96 bits per heavy atom. The van der Waals surface area contributed by atoms with E-state index in [4.69, 9.17) is 21.1 Å². The van der Waals surface area contributed by atoms with Gasteiger partial charge < -0.3 is 14.8 Å². The Labute approximate surface area is 154 Å². The molecule has 0 bridgehead atoms. The summed E-state index contributed by atoms with van der Waals surface area (Å²) in [6.45, 7) is 6.61. The van der Waals surface area contributed by atoms with E-state index in [1.165, 1.54) is 0 Å². The molecule has 0 aliphatic rings. The van der Waals surface area contributed by atoms with E-state index in [0.29, 0.717) is 36.1 Å². The van der Waals surface area contributed by atoms with E-state index in [1.54, 1.807) is 6.07 Å². The van der Waals surface area contributed by atoms with Crippen LogP contribution in [0.1, 0.15) is 24.5 Å². The maximum absolute atomic E-state index is 12.3. The Kier molecular flexibility index (Phi) is 7.14. The maximum Gasteiger partial charge on any atom is 0.261 e. The monoisotopic (exact) mass is 361 g/mol. The van der Waals surface area contributed by atoms with Crippen molar-refractivity contribution in [2.75, 3.05) is 13.2 Å². The first kappa shape index (κ1) is 19.1. The molecule has 1 atom stereocenters. The number of benzene rings is 2. The van der Waals surface area contributed by atoms with E-state index in [0.717, 1.165) is 11.1 Å². The molecule has 2 rings (SSSR count). The zero-order chi connectivity index (χ0) is 18.2. The van der Waals surface area contributed by atoms with Crippen molar-refractivity contribution in [1.29, 1.82) is 0 Å². The molecule has 0 saturated heterocycles. The van der Waals surface area contributed by atoms with Gasteiger partial charge in [0.2, 0.25) is 0 Å². The van der Waals surface area contributed by atoms with E-state index in [1.807, 2.05) is 57.2 Å². The molecule has 25 heavy (non-hydrogen) atoms. The lowest BCUT2D eigenvalue weighted by Crippen LogP contribution is -2.39. The van der Waals surface area contributed by atoms with Gasteiger partial charge >= 0.3 is 0 Å². The number of halogens is 1. The molecule has 1 unspecified atom stereocenters. The second kappa shape index (κ2) is 9.33. The number of aryl methyl sites for hydroxylation is 2. The van der Waals surface area contributed by atoms with Gasteiger partial charge in [-0.05, 0) is 55.7 Å². The molecule has 0 aliphatic carbocycles. The first-order valence-corrected chi connectivity index (χ1v) is 8.77. The van der Waals surface area contributed by atoms with Gasteiger partial charge in [0.25, 0.3) is 5.91 Å². The summed E-state index contributed by atoms with van der Waals surface area (Å²) < 4.78 is 11.4. The Bertz CT molecular complexity index is 718. The van der Waals surface area contributed by atoms with E-state index in [2.05, 4.69) is 5.32 Å². The average molecular weight is 362 g/mol. The zero-order valence-electron chi connectivity index (χ0n) is 14.8. The first-order chi connectivity index (χ1) is 12.0. The molecule has 5 heteroatoms. The topological polar surface area (TPSA) is 47.6 Å². The van der Waals surface area contributed by atoms with Crippen LogP contribution in [0.15, 0.2) is 42.5 Å². The number of amides is 1. The largest absolute Gasteiger partial charge is 0.492 e. The van der Waals surface area contributed by atoms with Gasteiger partial charge in [0.1, 0.15) is 18.1 Å². The van der Waals surface area contributed by atoms with E-state index < -0.39 is 6.10 Å². The van der Waals surface area contributed by atoms with Gasteiger partial charge in [0.05, 0.1) is 6.54 Å². The smallest absolute Gasteiger partial charge is 0.261 e. The van der Waals surface area contributed by atoms with Crippen molar-refractivity contribution in [2.24, 2.45) is 0 Å². The summed E-state index contributed by atoms with van der Waals surface area (Å²) in [5.41, 5.74) is 2.10. The zero-order valence-corrected chi connectivity index (χ0v) is 15.6. The lowest BCUT2D eigenvalue weighted by atomic mass is 10.2. The fourth-order valence-electron chi connectivity index (χ4n) is 2.30. The Morgan fingerprint density at radius 1 is 1.16 bits per heavy atom. The molecule has 2 aromatic rings. The fourth-order valence-corrected chi connectivity index (χ4v) is 2.47. The van der Waals surface area contributed by atoms with Crippen LogP contribution in [0.2, 0.25) is 5.02 Å². The molecule has 0 spiro atoms. The third-order valence-electron chi connectivity index (χ3n) is 3.74. The number of nitrogens with one attached hydrogen (secondary N) is 1. The van der Waals surface area contributed by atoms with Crippen LogP contribution in [-0.4, -0.2) is 25.2 Å². The molecule has 134 valence electrons. The molecule has 2 aromatic carbocycles. The lowest BCUT2D eigenvalue weighted by molar-refractivity contribution is -0.128. The van der Waals surface area contributed by atoms with Gasteiger partial charge in [-0.25, -0.2) is 0 Å². The molecule has 1 N–H and O–H groups in total. The van der Waals surface area contributed by atoms with Crippen LogP contribution in [0.4, 0.5) is 0 Å². The van der Waals surface area contributed by atoms with Crippen molar-refractivity contribution in [2.45, 2.75) is 33.3 Å². The third kappa shape index (κ3) is 5.98. The normalized spacial score (nSPS) is 11.7. The molecule has 0 radical (unpaired) electrons. The number of ether oxygens (including phenoxy) is 2. The number of carbonyl (C=O) groups is 1. The van der Waals surface area contributed by atoms with Crippen LogP contribution in [0.3, 0.4) is 0 Å². The molecular weight excluding hydrogens is 338 g/mol. The highest BCUT2D eigenvalue weighted by Crippen LogP contribution is 2.21. The summed E-state index contributed by atoms with van der Waals surface area (Å²) in [6, 6.07) is 13.2. The Morgan fingerprint density at radius 3 is 2.64 bits per heavy atom. The fraction of sp³-hybridized carbons (Fsp3) is 0.350. The standard InChI is InChI=1S/C20H24ClNO3/c1-4-19(25-17-7-5-6-14(2)12-17)20(23)22-10-11-24-16-9-8-15(3)18(21)13-16/h5-9,12-13,19H,4,10-11H2,1-3H3,(H,22,23). The van der Waals surface area contributed by atoms with Crippen molar-refractivity contribution in [3.8, 4) is 11.5 Å². The molecule has 0 aromatic heterocycles. The van der Waals surface area contributed by atoms with E-state index in [-0.39, 0.29) is 5.91 Å². The molecule has 0 fully saturated rings. The summed E-state index contributed by atoms with van der Waals surface area (Å²) in [5, 5.41) is 3.51. The number of hydrogen-bond donors (Lipinski definition) is 1. The minimum atomic E-state index is -0.518. The molecule has 0 saturated carbocycles. The quantitative estimate of drug-likeness (QED) is 0.713. The first-order valence-electron chi connectivity index (χ1n) is 8.39. The van der Waals surface area contributed by atoms with Gasteiger partial charge in [0, 0.05) is 5.02 Å². The highest BCUT2D eigenvalue weighted by Gasteiger charge is 2.17. The number of hydrogen-bond acceptors (Lipinski definition) is 3. The van der Waals surface area contributed by atoms with Crippen molar-refractivity contribution in [1.82, 2.24) is 5.32 Å². The van der Waals surface area contributed by atoms with E-state index >= 15 is 0 Å². The van der Waals surface area contributed by atoms with Gasteiger partial charge in [-0.15, -0.1) is 0 Å². The third-order valence-corrected chi connectivity index (χ3v) is 4.15. The predicted molar refractivity (Wildman–Crippen MR) is 101 cm³/mol. The Balaban J connectivity index is 1.78. The van der Waals surface area contributed by atoms with Crippen LogP contribution in [0.5, 0.6) is 11.5 Å². The van der Waals surface area contributed by atoms with Crippen LogP contribution in [0, 0.1) is 13.8 Å². The summed E-state index contributed by atoms with van der Waals surface area (Å²) in [6.07, 6.45) is 0.0735. The van der Waals surface area contributed by atoms with Crippen molar-refractivity contribution in [3.63, 3.8) is 0 Å². The second-order valence-corrected chi connectivity index (χ2v) is 6.29. The molecular formula is C20H24ClNO3. The number of carbonyl (C=O) groups excluding carboxylic acids is 1. The maximum atomic E-state index is 12.3. The molecule has 0 aliphatic heterocycles. The summed E-state index contributed by atoms with van der Waals surface area (Å²) in [7, 11) is 0. The second-order valence-electron chi connectivity index (χ2n) is 5.88. The van der Waals surface area contributed by atoms with Crippen LogP contribution in [-0.2, 0) is 4.79 Å². The highest BCUT2D eigenvalue weighted by atomic mass is 35.5. The SMILES string of the molecule is CCC(Oc1cccc(C)c1)C(=O)NCCOc1ccc(C)c(Cl)c1. The molecule has 4 nitrogen and oxygen atoms in total. The minimum absolute atomic E-state index is 0.144. The summed E-state index contributed by atoms with van der Waals surface area (Å²) in [5.74, 6) is 1.25. The van der Waals surface area contributed by atoms with Crippen LogP contribution >= 0.6 is 11.6 Å². The van der Waals surface area contributed by atoms with Crippen molar-refractivity contribution in [3.05, 3.63) is 58.6 Å². The predicted octanol–water partition coefficient (Wildman–Crippen LogP) is 4.31. The lowest BCUT2D eigenvalue weighted by Gasteiger charge is -2.17. The molecule has 1 amide bonds. The van der Waals surface area contributed by atoms with Gasteiger partial charge in [0.15, 0.2) is 6.10 Å². The van der Waals surface area contributed by atoms with Gasteiger partial charge in [-0.1, -0.05) is 36.7 Å². The van der Waals surface area contributed by atoms with Gasteiger partial charge in [-0.3, -0.25) is 4.79 Å². The van der Waals surface area contributed by atoms with Crippen molar-refractivity contribution >= 4 is 17.5 Å². The average Bonchev–Trinajstić information content (AvgIpc) is 2.59.